The van der Waals surface area contributed by atoms with E-state index >= 15 is 0 Å². The van der Waals surface area contributed by atoms with Crippen molar-refractivity contribution in [2.75, 3.05) is 26.7 Å². The van der Waals surface area contributed by atoms with E-state index in [1.807, 2.05) is 11.9 Å². The van der Waals surface area contributed by atoms with Crippen LogP contribution in [-0.2, 0) is 0 Å². The number of hydrogen-bond acceptors (Lipinski definition) is 2. The molecule has 24 heavy (non-hydrogen) atoms. The fourth-order valence-electron chi connectivity index (χ4n) is 4.02. The third-order valence-corrected chi connectivity index (χ3v) is 5.70. The Morgan fingerprint density at radius 1 is 1.21 bits per heavy atom. The van der Waals surface area contributed by atoms with E-state index in [4.69, 9.17) is 0 Å². The van der Waals surface area contributed by atoms with Gasteiger partial charge in [-0.1, -0.05) is 37.3 Å². The third kappa shape index (κ3) is 4.10. The number of nitrogens with zero attached hydrogens (tertiary/aromatic N) is 2. The molecular weight excluding hydrogens is 298 g/mol. The quantitative estimate of drug-likeness (QED) is 0.898. The number of amides is 2. The molecule has 3 rings (SSSR count). The van der Waals surface area contributed by atoms with Gasteiger partial charge in [-0.2, -0.15) is 0 Å². The number of rotatable bonds is 5. The lowest BCUT2D eigenvalue weighted by Gasteiger charge is -2.40. The van der Waals surface area contributed by atoms with Crippen molar-refractivity contribution >= 4 is 6.03 Å². The van der Waals surface area contributed by atoms with Crippen LogP contribution in [0.4, 0.5) is 4.79 Å². The fraction of sp³-hybridized carbons (Fsp3) is 0.650. The highest BCUT2D eigenvalue weighted by molar-refractivity contribution is 5.74. The lowest BCUT2D eigenvalue weighted by molar-refractivity contribution is 0.129. The van der Waals surface area contributed by atoms with Crippen LogP contribution in [0.3, 0.4) is 0 Å². The summed E-state index contributed by atoms with van der Waals surface area (Å²) >= 11 is 0. The van der Waals surface area contributed by atoms with Crippen LogP contribution >= 0.6 is 0 Å². The largest absolute Gasteiger partial charge is 0.335 e. The third-order valence-electron chi connectivity index (χ3n) is 5.70. The summed E-state index contributed by atoms with van der Waals surface area (Å²) in [5, 5.41) is 3.22. The Morgan fingerprint density at radius 2 is 1.88 bits per heavy atom. The Kier molecular flexibility index (Phi) is 5.77. The number of hydrogen-bond donors (Lipinski definition) is 1. The number of nitrogens with one attached hydrogen (secondary N) is 1. The molecule has 132 valence electrons. The first-order valence-corrected chi connectivity index (χ1v) is 9.48. The molecule has 2 fully saturated rings. The molecule has 4 nitrogen and oxygen atoms in total. The highest BCUT2D eigenvalue weighted by atomic mass is 16.2. The van der Waals surface area contributed by atoms with E-state index in [-0.39, 0.29) is 6.03 Å². The molecule has 1 aromatic rings. The molecular formula is C20H31N3O. The maximum absolute atomic E-state index is 12.5. The van der Waals surface area contributed by atoms with Crippen LogP contribution < -0.4 is 5.32 Å². The first-order chi connectivity index (χ1) is 11.7. The summed E-state index contributed by atoms with van der Waals surface area (Å²) in [5.41, 5.74) is 1.40. The standard InChI is InChI=1S/C20H31N3O/c1-3-11-23-12-9-19(10-13-23)22(2)20(24)21-18-14-17(15-18)16-7-5-4-6-8-16/h4-8,17-19H,3,9-15H2,1-2H3,(H,21,24). The van der Waals surface area contributed by atoms with Crippen LogP contribution in [0.15, 0.2) is 30.3 Å². The second-order valence-electron chi connectivity index (χ2n) is 7.41. The topological polar surface area (TPSA) is 35.6 Å². The Labute approximate surface area is 146 Å². The molecule has 0 radical (unpaired) electrons. The molecule has 1 N–H and O–H groups in total. The summed E-state index contributed by atoms with van der Waals surface area (Å²) in [6.45, 7) is 5.66. The zero-order valence-corrected chi connectivity index (χ0v) is 15.1. The predicted molar refractivity (Wildman–Crippen MR) is 98.3 cm³/mol. The maximum atomic E-state index is 12.5. The molecule has 1 aromatic carbocycles. The average Bonchev–Trinajstić information content (AvgIpc) is 2.58. The van der Waals surface area contributed by atoms with Gasteiger partial charge < -0.3 is 15.1 Å². The van der Waals surface area contributed by atoms with Gasteiger partial charge in [-0.05, 0) is 50.1 Å². The lowest BCUT2D eigenvalue weighted by Crippen LogP contribution is -2.53. The van der Waals surface area contributed by atoms with E-state index in [1.165, 1.54) is 18.5 Å². The van der Waals surface area contributed by atoms with Gasteiger partial charge in [0.2, 0.25) is 0 Å². The second kappa shape index (κ2) is 8.02. The summed E-state index contributed by atoms with van der Waals surface area (Å²) in [4.78, 5) is 17.0. The van der Waals surface area contributed by atoms with E-state index in [0.717, 1.165) is 38.8 Å². The highest BCUT2D eigenvalue weighted by Crippen LogP contribution is 2.36. The van der Waals surface area contributed by atoms with Crippen molar-refractivity contribution in [1.29, 1.82) is 0 Å². The van der Waals surface area contributed by atoms with Crippen molar-refractivity contribution in [3.05, 3.63) is 35.9 Å². The van der Waals surface area contributed by atoms with Crippen LogP contribution in [-0.4, -0.2) is 54.6 Å². The van der Waals surface area contributed by atoms with Gasteiger partial charge in [-0.15, -0.1) is 0 Å². The van der Waals surface area contributed by atoms with Crippen LogP contribution in [0.25, 0.3) is 0 Å². The predicted octanol–water partition coefficient (Wildman–Crippen LogP) is 3.45. The summed E-state index contributed by atoms with van der Waals surface area (Å²) in [5.74, 6) is 0.610. The molecule has 1 saturated carbocycles. The minimum atomic E-state index is 0.112. The summed E-state index contributed by atoms with van der Waals surface area (Å²) < 4.78 is 0. The monoisotopic (exact) mass is 329 g/mol. The van der Waals surface area contributed by atoms with Gasteiger partial charge in [0.05, 0.1) is 0 Å². The van der Waals surface area contributed by atoms with Crippen LogP contribution in [0.1, 0.15) is 50.5 Å². The lowest BCUT2D eigenvalue weighted by atomic mass is 9.76. The Balaban J connectivity index is 1.40. The molecule has 0 spiro atoms. The average molecular weight is 329 g/mol. The van der Waals surface area contributed by atoms with Crippen molar-refractivity contribution in [2.24, 2.45) is 0 Å². The van der Waals surface area contributed by atoms with Gasteiger partial charge in [0.25, 0.3) is 0 Å². The molecule has 1 aliphatic heterocycles. The van der Waals surface area contributed by atoms with E-state index in [0.29, 0.717) is 18.0 Å². The zero-order chi connectivity index (χ0) is 16.9. The van der Waals surface area contributed by atoms with Gasteiger partial charge >= 0.3 is 6.03 Å². The van der Waals surface area contributed by atoms with Gasteiger partial charge in [0, 0.05) is 32.2 Å². The normalized spacial score (nSPS) is 25.1. The molecule has 0 bridgehead atoms. The van der Waals surface area contributed by atoms with E-state index < -0.39 is 0 Å². The molecule has 2 aliphatic rings. The van der Waals surface area contributed by atoms with Gasteiger partial charge in [-0.25, -0.2) is 4.79 Å². The molecule has 2 amide bonds. The van der Waals surface area contributed by atoms with Crippen molar-refractivity contribution in [2.45, 2.75) is 57.0 Å². The van der Waals surface area contributed by atoms with E-state index in [9.17, 15) is 4.79 Å². The first-order valence-electron chi connectivity index (χ1n) is 9.48. The highest BCUT2D eigenvalue weighted by Gasteiger charge is 2.33. The number of piperidine rings is 1. The summed E-state index contributed by atoms with van der Waals surface area (Å²) in [7, 11) is 1.96. The Bertz CT molecular complexity index is 519. The van der Waals surface area contributed by atoms with Crippen molar-refractivity contribution in [3.8, 4) is 0 Å². The molecule has 0 unspecified atom stereocenters. The van der Waals surface area contributed by atoms with Gasteiger partial charge in [-0.3, -0.25) is 0 Å². The zero-order valence-electron chi connectivity index (χ0n) is 15.1. The SMILES string of the molecule is CCCN1CCC(N(C)C(=O)NC2CC(c3ccccc3)C2)CC1. The van der Waals surface area contributed by atoms with Gasteiger partial charge in [0.1, 0.15) is 0 Å². The number of carbonyl (C=O) groups is 1. The molecule has 1 heterocycles. The van der Waals surface area contributed by atoms with E-state index in [2.05, 4.69) is 47.5 Å². The first kappa shape index (κ1) is 17.3. The van der Waals surface area contributed by atoms with Crippen LogP contribution in [0, 0.1) is 0 Å². The second-order valence-corrected chi connectivity index (χ2v) is 7.41. The van der Waals surface area contributed by atoms with Crippen molar-refractivity contribution in [1.82, 2.24) is 15.1 Å². The van der Waals surface area contributed by atoms with Crippen molar-refractivity contribution < 1.29 is 4.79 Å². The Morgan fingerprint density at radius 3 is 2.50 bits per heavy atom. The molecule has 1 saturated heterocycles. The van der Waals surface area contributed by atoms with Crippen molar-refractivity contribution in [3.63, 3.8) is 0 Å². The van der Waals surface area contributed by atoms with Crippen LogP contribution in [0.2, 0.25) is 0 Å². The minimum absolute atomic E-state index is 0.112. The number of likely N-dealkylation sites (tertiary alicyclic amines) is 1. The summed E-state index contributed by atoms with van der Waals surface area (Å²) in [6, 6.07) is 11.5. The molecule has 1 aliphatic carbocycles. The number of urea groups is 1. The molecule has 4 heteroatoms. The number of carbonyl (C=O) groups excluding carboxylic acids is 1. The summed E-state index contributed by atoms with van der Waals surface area (Å²) in [6.07, 6.45) is 5.55. The minimum Gasteiger partial charge on any atom is -0.335 e. The fourth-order valence-corrected chi connectivity index (χ4v) is 4.02. The number of benzene rings is 1. The maximum Gasteiger partial charge on any atom is 0.317 e. The van der Waals surface area contributed by atoms with Crippen LogP contribution in [0.5, 0.6) is 0 Å². The Hall–Kier alpha value is -1.55. The smallest absolute Gasteiger partial charge is 0.317 e. The molecule has 0 atom stereocenters. The van der Waals surface area contributed by atoms with Gasteiger partial charge in [0.15, 0.2) is 0 Å². The van der Waals surface area contributed by atoms with E-state index in [1.54, 1.807) is 0 Å². The molecule has 0 aromatic heterocycles.